The summed E-state index contributed by atoms with van der Waals surface area (Å²) in [6.45, 7) is 11.4. The fourth-order valence-corrected chi connectivity index (χ4v) is 2.50. The van der Waals surface area contributed by atoms with E-state index in [1.54, 1.807) is 0 Å². The highest BCUT2D eigenvalue weighted by Crippen LogP contribution is 2.29. The minimum atomic E-state index is 0.200. The smallest absolute Gasteiger partial charge is 0.0642 e. The number of morpholine rings is 1. The molecule has 0 spiro atoms. The Labute approximate surface area is 116 Å². The zero-order valence-electron chi connectivity index (χ0n) is 12.6. The Morgan fingerprint density at radius 1 is 1.21 bits per heavy atom. The van der Waals surface area contributed by atoms with Crippen molar-refractivity contribution in [3.8, 4) is 0 Å². The van der Waals surface area contributed by atoms with E-state index in [0.29, 0.717) is 0 Å². The van der Waals surface area contributed by atoms with E-state index in [0.717, 1.165) is 32.8 Å². The molecule has 0 bridgehead atoms. The maximum absolute atomic E-state index is 5.44. The minimum Gasteiger partial charge on any atom is -0.378 e. The molecule has 3 nitrogen and oxygen atoms in total. The molecule has 1 fully saturated rings. The zero-order valence-corrected chi connectivity index (χ0v) is 12.6. The second kappa shape index (κ2) is 5.93. The van der Waals surface area contributed by atoms with Gasteiger partial charge in [0.15, 0.2) is 0 Å². The predicted octanol–water partition coefficient (Wildman–Crippen LogP) is 2.54. The summed E-state index contributed by atoms with van der Waals surface area (Å²) >= 11 is 0. The maximum atomic E-state index is 5.44. The predicted molar refractivity (Wildman–Crippen MR) is 80.9 cm³/mol. The lowest BCUT2D eigenvalue weighted by Crippen LogP contribution is -2.37. The monoisotopic (exact) mass is 262 g/mol. The van der Waals surface area contributed by atoms with Gasteiger partial charge in [0.05, 0.1) is 13.2 Å². The van der Waals surface area contributed by atoms with Crippen molar-refractivity contribution in [1.29, 1.82) is 0 Å². The van der Waals surface area contributed by atoms with E-state index in [-0.39, 0.29) is 5.41 Å². The van der Waals surface area contributed by atoms with Gasteiger partial charge in [0.1, 0.15) is 0 Å². The number of ether oxygens (including phenoxy) is 1. The van der Waals surface area contributed by atoms with Gasteiger partial charge in [-0.15, -0.1) is 0 Å². The molecule has 0 radical (unpaired) electrons. The number of hydrogen-bond donors (Lipinski definition) is 1. The Bertz CT molecular complexity index is 417. The molecule has 19 heavy (non-hydrogen) atoms. The van der Waals surface area contributed by atoms with Gasteiger partial charge < -0.3 is 15.0 Å². The first-order valence-electron chi connectivity index (χ1n) is 7.13. The Morgan fingerprint density at radius 2 is 1.89 bits per heavy atom. The number of hydrogen-bond acceptors (Lipinski definition) is 3. The molecule has 2 rings (SSSR count). The lowest BCUT2D eigenvalue weighted by molar-refractivity contribution is 0.122. The van der Waals surface area contributed by atoms with Crippen LogP contribution in [0.2, 0.25) is 0 Å². The third-order valence-electron chi connectivity index (χ3n) is 3.66. The number of benzene rings is 1. The van der Waals surface area contributed by atoms with Crippen molar-refractivity contribution in [1.82, 2.24) is 5.32 Å². The van der Waals surface area contributed by atoms with Crippen LogP contribution < -0.4 is 10.2 Å². The summed E-state index contributed by atoms with van der Waals surface area (Å²) in [6, 6.07) is 6.89. The van der Waals surface area contributed by atoms with Crippen LogP contribution in [0, 0.1) is 0 Å². The Morgan fingerprint density at radius 3 is 2.47 bits per heavy atom. The van der Waals surface area contributed by atoms with Crippen LogP contribution in [-0.2, 0) is 16.7 Å². The van der Waals surface area contributed by atoms with Crippen LogP contribution in [0.5, 0.6) is 0 Å². The normalized spacial score (nSPS) is 16.7. The van der Waals surface area contributed by atoms with Gasteiger partial charge in [-0.2, -0.15) is 0 Å². The number of nitrogens with one attached hydrogen (secondary N) is 1. The molecule has 0 unspecified atom stereocenters. The average molecular weight is 262 g/mol. The molecule has 1 aromatic carbocycles. The zero-order chi connectivity index (χ0) is 13.9. The van der Waals surface area contributed by atoms with Gasteiger partial charge in [0, 0.05) is 25.3 Å². The van der Waals surface area contributed by atoms with Gasteiger partial charge in [0.25, 0.3) is 0 Å². The molecule has 0 aliphatic carbocycles. The first-order valence-corrected chi connectivity index (χ1v) is 7.13. The van der Waals surface area contributed by atoms with Crippen molar-refractivity contribution < 1.29 is 4.74 Å². The lowest BCUT2D eigenvalue weighted by Gasteiger charge is -2.32. The molecule has 3 heteroatoms. The second-order valence-corrected chi connectivity index (χ2v) is 6.22. The summed E-state index contributed by atoms with van der Waals surface area (Å²) in [5, 5.41) is 3.28. The molecule has 0 atom stereocenters. The Kier molecular flexibility index (Phi) is 4.48. The standard InChI is InChI=1S/C16H26N2O/c1-16(2,3)14-5-6-15(13(11-14)12-17-4)18-7-9-19-10-8-18/h5-6,11,17H,7-10,12H2,1-4H3. The summed E-state index contributed by atoms with van der Waals surface area (Å²) < 4.78 is 5.44. The first-order chi connectivity index (χ1) is 9.02. The van der Waals surface area contributed by atoms with Gasteiger partial charge in [0.2, 0.25) is 0 Å². The molecule has 1 aromatic rings. The van der Waals surface area contributed by atoms with Crippen LogP contribution >= 0.6 is 0 Å². The quantitative estimate of drug-likeness (QED) is 0.906. The topological polar surface area (TPSA) is 24.5 Å². The number of rotatable bonds is 3. The Balaban J connectivity index is 2.31. The third-order valence-corrected chi connectivity index (χ3v) is 3.66. The van der Waals surface area contributed by atoms with Crippen molar-refractivity contribution in [3.63, 3.8) is 0 Å². The van der Waals surface area contributed by atoms with Crippen molar-refractivity contribution in [2.75, 3.05) is 38.3 Å². The molecule has 0 amide bonds. The molecular weight excluding hydrogens is 236 g/mol. The lowest BCUT2D eigenvalue weighted by atomic mass is 9.85. The van der Waals surface area contributed by atoms with Crippen LogP contribution in [0.1, 0.15) is 31.9 Å². The largest absolute Gasteiger partial charge is 0.378 e. The van der Waals surface area contributed by atoms with Gasteiger partial charge in [-0.05, 0) is 29.7 Å². The average Bonchev–Trinajstić information content (AvgIpc) is 2.39. The molecular formula is C16H26N2O. The molecule has 0 aromatic heterocycles. The molecule has 1 aliphatic heterocycles. The highest BCUT2D eigenvalue weighted by molar-refractivity contribution is 5.56. The fourth-order valence-electron chi connectivity index (χ4n) is 2.50. The van der Waals surface area contributed by atoms with Gasteiger partial charge in [-0.25, -0.2) is 0 Å². The van der Waals surface area contributed by atoms with Crippen molar-refractivity contribution in [3.05, 3.63) is 29.3 Å². The molecule has 1 aliphatic rings. The van der Waals surface area contributed by atoms with Crippen LogP contribution in [0.3, 0.4) is 0 Å². The van der Waals surface area contributed by atoms with Crippen LogP contribution in [-0.4, -0.2) is 33.4 Å². The molecule has 0 saturated carbocycles. The summed E-state index contributed by atoms with van der Waals surface area (Å²) in [5.41, 5.74) is 4.34. The third kappa shape index (κ3) is 3.48. The summed E-state index contributed by atoms with van der Waals surface area (Å²) in [6.07, 6.45) is 0. The highest BCUT2D eigenvalue weighted by Gasteiger charge is 2.18. The van der Waals surface area contributed by atoms with Crippen LogP contribution in [0.4, 0.5) is 5.69 Å². The minimum absolute atomic E-state index is 0.200. The fraction of sp³-hybridized carbons (Fsp3) is 0.625. The molecule has 1 N–H and O–H groups in total. The van der Waals surface area contributed by atoms with E-state index in [1.165, 1.54) is 16.8 Å². The van der Waals surface area contributed by atoms with E-state index in [9.17, 15) is 0 Å². The van der Waals surface area contributed by atoms with E-state index in [4.69, 9.17) is 4.74 Å². The first kappa shape index (κ1) is 14.4. The van der Waals surface area contributed by atoms with E-state index >= 15 is 0 Å². The summed E-state index contributed by atoms with van der Waals surface area (Å²) in [7, 11) is 2.01. The van der Waals surface area contributed by atoms with Crippen LogP contribution in [0.15, 0.2) is 18.2 Å². The van der Waals surface area contributed by atoms with E-state index in [2.05, 4.69) is 49.2 Å². The Hall–Kier alpha value is -1.06. The van der Waals surface area contributed by atoms with E-state index in [1.807, 2.05) is 7.05 Å². The van der Waals surface area contributed by atoms with Gasteiger partial charge >= 0.3 is 0 Å². The molecule has 1 heterocycles. The van der Waals surface area contributed by atoms with Gasteiger partial charge in [-0.3, -0.25) is 0 Å². The second-order valence-electron chi connectivity index (χ2n) is 6.22. The van der Waals surface area contributed by atoms with Crippen molar-refractivity contribution >= 4 is 5.69 Å². The number of nitrogens with zero attached hydrogens (tertiary/aromatic N) is 1. The van der Waals surface area contributed by atoms with Crippen molar-refractivity contribution in [2.24, 2.45) is 0 Å². The summed E-state index contributed by atoms with van der Waals surface area (Å²) in [5.74, 6) is 0. The number of anilines is 1. The molecule has 106 valence electrons. The van der Waals surface area contributed by atoms with Gasteiger partial charge in [-0.1, -0.05) is 32.9 Å². The van der Waals surface area contributed by atoms with E-state index < -0.39 is 0 Å². The van der Waals surface area contributed by atoms with Crippen LogP contribution in [0.25, 0.3) is 0 Å². The maximum Gasteiger partial charge on any atom is 0.0642 e. The summed E-state index contributed by atoms with van der Waals surface area (Å²) in [4.78, 5) is 2.43. The molecule has 1 saturated heterocycles. The SMILES string of the molecule is CNCc1cc(C(C)(C)C)ccc1N1CCOCC1. The van der Waals surface area contributed by atoms with Crippen molar-refractivity contribution in [2.45, 2.75) is 32.7 Å². The highest BCUT2D eigenvalue weighted by atomic mass is 16.5.